The van der Waals surface area contributed by atoms with Crippen LogP contribution in [-0.2, 0) is 17.3 Å². The van der Waals surface area contributed by atoms with Crippen LogP contribution in [0.5, 0.6) is 0 Å². The van der Waals surface area contributed by atoms with E-state index >= 15 is 0 Å². The number of nitrogens with zero attached hydrogens (tertiary/aromatic N) is 1. The molecule has 2 nitrogen and oxygen atoms in total. The molecule has 0 N–H and O–H groups in total. The van der Waals surface area contributed by atoms with E-state index in [-0.39, 0.29) is 18.0 Å². The van der Waals surface area contributed by atoms with Gasteiger partial charge in [0, 0.05) is 12.1 Å². The normalized spacial score (nSPS) is 18.1. The highest BCUT2D eigenvalue weighted by Crippen LogP contribution is 2.36. The molecule has 0 unspecified atom stereocenters. The van der Waals surface area contributed by atoms with Crippen LogP contribution in [0.4, 0.5) is 8.78 Å². The Hall–Kier alpha value is -1.16. The van der Waals surface area contributed by atoms with E-state index in [9.17, 15) is 13.6 Å². The average molecular weight is 246 g/mol. The number of amides is 1. The molecule has 0 bridgehead atoms. The highest BCUT2D eigenvalue weighted by Gasteiger charge is 2.41. The van der Waals surface area contributed by atoms with Crippen LogP contribution >= 0.6 is 11.6 Å². The Balaban J connectivity index is 2.37. The summed E-state index contributed by atoms with van der Waals surface area (Å²) in [5, 5.41) is 0. The lowest BCUT2D eigenvalue weighted by molar-refractivity contribution is -0.137. The van der Waals surface area contributed by atoms with Gasteiger partial charge in [0.15, 0.2) is 0 Å². The summed E-state index contributed by atoms with van der Waals surface area (Å²) in [4.78, 5) is 12.4. The molecule has 1 aromatic rings. The maximum absolute atomic E-state index is 13.7. The Bertz CT molecular complexity index is 422. The van der Waals surface area contributed by atoms with Crippen molar-refractivity contribution in [3.05, 3.63) is 35.4 Å². The number of rotatable bonds is 1. The molecule has 1 aliphatic heterocycles. The highest BCUT2D eigenvalue weighted by atomic mass is 35.5. The van der Waals surface area contributed by atoms with Gasteiger partial charge in [-0.15, -0.1) is 11.6 Å². The fourth-order valence-electron chi connectivity index (χ4n) is 1.86. The molecule has 0 aliphatic carbocycles. The summed E-state index contributed by atoms with van der Waals surface area (Å²) in [6, 6.07) is 6.27. The van der Waals surface area contributed by atoms with Gasteiger partial charge in [-0.05, 0) is 5.56 Å². The minimum absolute atomic E-state index is 0.00798. The van der Waals surface area contributed by atoms with E-state index in [0.29, 0.717) is 5.56 Å². The molecule has 0 atom stereocenters. The summed E-state index contributed by atoms with van der Waals surface area (Å²) >= 11 is 5.37. The molecule has 5 heteroatoms. The Morgan fingerprint density at radius 1 is 1.44 bits per heavy atom. The fraction of sp³-hybridized carbons (Fsp3) is 0.364. The van der Waals surface area contributed by atoms with E-state index < -0.39 is 18.4 Å². The summed E-state index contributed by atoms with van der Waals surface area (Å²) in [7, 11) is 0. The van der Waals surface area contributed by atoms with E-state index in [4.69, 9.17) is 11.6 Å². The van der Waals surface area contributed by atoms with Crippen molar-refractivity contribution in [2.24, 2.45) is 0 Å². The number of benzene rings is 1. The molecule has 0 saturated carbocycles. The van der Waals surface area contributed by atoms with Gasteiger partial charge in [-0.3, -0.25) is 4.79 Å². The third kappa shape index (κ3) is 1.89. The van der Waals surface area contributed by atoms with E-state index in [2.05, 4.69) is 0 Å². The molecule has 1 amide bonds. The first-order valence-corrected chi connectivity index (χ1v) is 5.38. The molecule has 2 rings (SSSR count). The van der Waals surface area contributed by atoms with Gasteiger partial charge >= 0.3 is 0 Å². The lowest BCUT2D eigenvalue weighted by atomic mass is 9.96. The van der Waals surface area contributed by atoms with Crippen molar-refractivity contribution in [2.75, 3.05) is 12.4 Å². The smallest absolute Gasteiger partial charge is 0.290 e. The predicted molar refractivity (Wildman–Crippen MR) is 56.5 cm³/mol. The Labute approximate surface area is 96.8 Å². The van der Waals surface area contributed by atoms with Gasteiger partial charge in [0.1, 0.15) is 5.88 Å². The zero-order chi connectivity index (χ0) is 11.8. The third-order valence-electron chi connectivity index (χ3n) is 2.63. The van der Waals surface area contributed by atoms with Crippen molar-refractivity contribution >= 4 is 17.5 Å². The van der Waals surface area contributed by atoms with Crippen LogP contribution in [0, 0.1) is 0 Å². The van der Waals surface area contributed by atoms with Gasteiger partial charge in [0.25, 0.3) is 5.92 Å². The number of carbonyl (C=O) groups is 1. The maximum atomic E-state index is 13.7. The number of hydrogen-bond acceptors (Lipinski definition) is 1. The molecule has 1 aromatic carbocycles. The van der Waals surface area contributed by atoms with Crippen LogP contribution in [0.25, 0.3) is 0 Å². The predicted octanol–water partition coefficient (Wildman–Crippen LogP) is 2.36. The van der Waals surface area contributed by atoms with Gasteiger partial charge in [-0.2, -0.15) is 8.78 Å². The van der Waals surface area contributed by atoms with E-state index in [0.717, 1.165) is 4.90 Å². The van der Waals surface area contributed by atoms with Crippen LogP contribution in [0.15, 0.2) is 24.3 Å². The first kappa shape index (κ1) is 11.3. The van der Waals surface area contributed by atoms with E-state index in [1.165, 1.54) is 6.07 Å². The summed E-state index contributed by atoms with van der Waals surface area (Å²) in [5.41, 5.74) is 0.492. The summed E-state index contributed by atoms with van der Waals surface area (Å²) < 4.78 is 27.4. The molecule has 0 aromatic heterocycles. The van der Waals surface area contributed by atoms with Crippen molar-refractivity contribution in [1.29, 1.82) is 0 Å². The monoisotopic (exact) mass is 245 g/mol. The second-order valence-electron chi connectivity index (χ2n) is 3.75. The average Bonchev–Trinajstić information content (AvgIpc) is 2.27. The van der Waals surface area contributed by atoms with E-state index in [1.54, 1.807) is 18.2 Å². The number of halogens is 3. The second kappa shape index (κ2) is 4.01. The number of carbonyl (C=O) groups excluding carboxylic acids is 1. The second-order valence-corrected chi connectivity index (χ2v) is 4.01. The molecule has 0 radical (unpaired) electrons. The third-order valence-corrected chi connectivity index (χ3v) is 2.86. The van der Waals surface area contributed by atoms with Gasteiger partial charge < -0.3 is 4.90 Å². The number of alkyl halides is 3. The standard InChI is InChI=1S/C11H10ClF2NO/c12-5-10(16)15-6-8-3-1-2-4-9(8)11(13,14)7-15/h1-4H,5-7H2. The Morgan fingerprint density at radius 2 is 2.12 bits per heavy atom. The lowest BCUT2D eigenvalue weighted by Gasteiger charge is -2.34. The van der Waals surface area contributed by atoms with Crippen LogP contribution in [-0.4, -0.2) is 23.2 Å². The van der Waals surface area contributed by atoms with Crippen LogP contribution in [0.3, 0.4) is 0 Å². The topological polar surface area (TPSA) is 20.3 Å². The van der Waals surface area contributed by atoms with Crippen molar-refractivity contribution in [1.82, 2.24) is 4.90 Å². The van der Waals surface area contributed by atoms with Crippen molar-refractivity contribution in [2.45, 2.75) is 12.5 Å². The molecule has 1 heterocycles. The number of fused-ring (bicyclic) bond motifs is 1. The minimum Gasteiger partial charge on any atom is -0.331 e. The largest absolute Gasteiger partial charge is 0.331 e. The van der Waals surface area contributed by atoms with Crippen LogP contribution in [0.2, 0.25) is 0 Å². The molecular formula is C11H10ClF2NO. The molecule has 0 saturated heterocycles. The molecular weight excluding hydrogens is 236 g/mol. The summed E-state index contributed by atoms with van der Waals surface area (Å²) in [5.74, 6) is -3.72. The lowest BCUT2D eigenvalue weighted by Crippen LogP contribution is -2.44. The summed E-state index contributed by atoms with van der Waals surface area (Å²) in [6.45, 7) is -0.382. The quantitative estimate of drug-likeness (QED) is 0.696. The Morgan fingerprint density at radius 3 is 2.81 bits per heavy atom. The van der Waals surface area contributed by atoms with Crippen molar-refractivity contribution < 1.29 is 13.6 Å². The van der Waals surface area contributed by atoms with Gasteiger partial charge in [-0.25, -0.2) is 0 Å². The molecule has 0 fully saturated rings. The zero-order valence-electron chi connectivity index (χ0n) is 8.42. The van der Waals surface area contributed by atoms with Gasteiger partial charge in [0.2, 0.25) is 5.91 Å². The minimum atomic E-state index is -2.99. The fourth-order valence-corrected chi connectivity index (χ4v) is 2.03. The Kier molecular flexibility index (Phi) is 2.84. The van der Waals surface area contributed by atoms with Crippen LogP contribution in [0.1, 0.15) is 11.1 Å². The van der Waals surface area contributed by atoms with Gasteiger partial charge in [-0.1, -0.05) is 24.3 Å². The van der Waals surface area contributed by atoms with Gasteiger partial charge in [0.05, 0.1) is 6.54 Å². The molecule has 86 valence electrons. The van der Waals surface area contributed by atoms with E-state index in [1.807, 2.05) is 0 Å². The molecule has 16 heavy (non-hydrogen) atoms. The zero-order valence-corrected chi connectivity index (χ0v) is 9.18. The first-order chi connectivity index (χ1) is 7.54. The van der Waals surface area contributed by atoms with Crippen molar-refractivity contribution in [3.63, 3.8) is 0 Å². The molecule has 0 spiro atoms. The van der Waals surface area contributed by atoms with Crippen LogP contribution < -0.4 is 0 Å². The molecule has 1 aliphatic rings. The maximum Gasteiger partial charge on any atom is 0.290 e. The first-order valence-electron chi connectivity index (χ1n) is 4.84. The highest BCUT2D eigenvalue weighted by molar-refractivity contribution is 6.27. The number of hydrogen-bond donors (Lipinski definition) is 0. The van der Waals surface area contributed by atoms with Crippen molar-refractivity contribution in [3.8, 4) is 0 Å². The summed E-state index contributed by atoms with van der Waals surface area (Å²) in [6.07, 6.45) is 0. The SMILES string of the molecule is O=C(CCl)N1Cc2ccccc2C(F)(F)C1.